The van der Waals surface area contributed by atoms with E-state index in [-0.39, 0.29) is 17.9 Å². The van der Waals surface area contributed by atoms with Gasteiger partial charge in [-0.25, -0.2) is 4.98 Å². The summed E-state index contributed by atoms with van der Waals surface area (Å²) in [7, 11) is 0. The number of hydrogen-bond donors (Lipinski definition) is 1. The predicted octanol–water partition coefficient (Wildman–Crippen LogP) is 6.11. The minimum absolute atomic E-state index is 0.0189. The van der Waals surface area contributed by atoms with Crippen LogP contribution < -0.4 is 5.32 Å². The highest BCUT2D eigenvalue weighted by Crippen LogP contribution is 2.46. The summed E-state index contributed by atoms with van der Waals surface area (Å²) in [4.78, 5) is 34.5. The molecule has 0 radical (unpaired) electrons. The van der Waals surface area contributed by atoms with Gasteiger partial charge >= 0.3 is 0 Å². The molecular formula is C28H30BrN3O2S. The van der Waals surface area contributed by atoms with E-state index in [4.69, 9.17) is 4.98 Å². The molecule has 5 rings (SSSR count). The van der Waals surface area contributed by atoms with Crippen LogP contribution in [0.4, 0.5) is 0 Å². The van der Waals surface area contributed by atoms with Gasteiger partial charge in [0.05, 0.1) is 15.9 Å². The number of nitrogens with one attached hydrogen (secondary N) is 1. The number of aromatic nitrogens is 1. The average Bonchev–Trinajstić information content (AvgIpc) is 3.49. The summed E-state index contributed by atoms with van der Waals surface area (Å²) in [5.41, 5.74) is 3.34. The molecule has 1 aliphatic carbocycles. The van der Waals surface area contributed by atoms with E-state index < -0.39 is 0 Å². The van der Waals surface area contributed by atoms with E-state index in [0.717, 1.165) is 44.9 Å². The molecule has 0 spiro atoms. The summed E-state index contributed by atoms with van der Waals surface area (Å²) in [6.07, 6.45) is 2.22. The largest absolute Gasteiger partial charge is 0.350 e. The Kier molecular flexibility index (Phi) is 6.82. The smallest absolute Gasteiger partial charge is 0.274 e. The van der Waals surface area contributed by atoms with E-state index in [9.17, 15) is 9.59 Å². The normalized spacial score (nSPS) is 23.4. The van der Waals surface area contributed by atoms with Crippen LogP contribution in [-0.4, -0.2) is 40.8 Å². The minimum Gasteiger partial charge on any atom is -0.350 e. The van der Waals surface area contributed by atoms with Crippen LogP contribution in [-0.2, 0) is 0 Å². The molecule has 2 amide bonds. The van der Waals surface area contributed by atoms with Crippen molar-refractivity contribution in [2.45, 2.75) is 39.7 Å². The molecule has 2 fully saturated rings. The fourth-order valence-electron chi connectivity index (χ4n) is 5.86. The molecule has 1 N–H and O–H groups in total. The van der Waals surface area contributed by atoms with Gasteiger partial charge < -0.3 is 10.2 Å². The zero-order chi connectivity index (χ0) is 24.7. The predicted molar refractivity (Wildman–Crippen MR) is 144 cm³/mol. The molecule has 1 aromatic heterocycles. The number of nitrogens with zero attached hydrogens (tertiary/aromatic N) is 2. The van der Waals surface area contributed by atoms with Crippen LogP contribution in [0, 0.1) is 31.6 Å². The standard InChI is InChI=1S/C28H30BrN3O2S/c1-16-6-4-7-19(10-16)26-25(31-18(3)35-26)28(34)32-15-21-11-17(2)12-23(21)24(32)14-30-27(33)20-8-5-9-22(29)13-20/h4-10,13,17,21,23-24H,11-12,14-15H2,1-3H3,(H,30,33)/t17?,21-,23-,24+/m0/s1. The highest BCUT2D eigenvalue weighted by Gasteiger charge is 2.48. The lowest BCUT2D eigenvalue weighted by molar-refractivity contribution is 0.0692. The lowest BCUT2D eigenvalue weighted by atomic mass is 9.93. The number of aryl methyl sites for hydroxylation is 2. The van der Waals surface area contributed by atoms with Crippen LogP contribution in [0.25, 0.3) is 10.4 Å². The van der Waals surface area contributed by atoms with Gasteiger partial charge in [-0.2, -0.15) is 0 Å². The van der Waals surface area contributed by atoms with E-state index >= 15 is 0 Å². The zero-order valence-corrected chi connectivity index (χ0v) is 22.7. The van der Waals surface area contributed by atoms with Gasteiger partial charge in [0.25, 0.3) is 11.8 Å². The van der Waals surface area contributed by atoms with Crippen molar-refractivity contribution in [3.63, 3.8) is 0 Å². The third-order valence-electron chi connectivity index (χ3n) is 7.35. The van der Waals surface area contributed by atoms with E-state index in [0.29, 0.717) is 35.6 Å². The van der Waals surface area contributed by atoms with E-state index in [1.54, 1.807) is 11.3 Å². The van der Waals surface area contributed by atoms with Crippen molar-refractivity contribution in [3.05, 3.63) is 74.8 Å². The number of halogens is 1. The molecule has 2 aliphatic rings. The molecule has 4 atom stereocenters. The number of carbonyl (C=O) groups excluding carboxylic acids is 2. The lowest BCUT2D eigenvalue weighted by Crippen LogP contribution is -2.46. The van der Waals surface area contributed by atoms with Gasteiger partial charge in [0.2, 0.25) is 0 Å². The third-order valence-corrected chi connectivity index (χ3v) is 8.86. The van der Waals surface area contributed by atoms with Crippen LogP contribution in [0.1, 0.15) is 51.2 Å². The summed E-state index contributed by atoms with van der Waals surface area (Å²) in [5, 5.41) is 4.01. The van der Waals surface area contributed by atoms with E-state index in [1.165, 1.54) is 0 Å². The zero-order valence-electron chi connectivity index (χ0n) is 20.3. The van der Waals surface area contributed by atoms with Gasteiger partial charge in [0.1, 0.15) is 5.69 Å². The number of amides is 2. The Morgan fingerprint density at radius 2 is 1.94 bits per heavy atom. The number of thiazole rings is 1. The van der Waals surface area contributed by atoms with Gasteiger partial charge in [0.15, 0.2) is 0 Å². The maximum Gasteiger partial charge on any atom is 0.274 e. The average molecular weight is 553 g/mol. The van der Waals surface area contributed by atoms with Crippen LogP contribution in [0.15, 0.2) is 53.0 Å². The van der Waals surface area contributed by atoms with E-state index in [1.807, 2.05) is 48.2 Å². The Balaban J connectivity index is 1.41. The Morgan fingerprint density at radius 3 is 2.71 bits per heavy atom. The monoisotopic (exact) mass is 551 g/mol. The lowest BCUT2D eigenvalue weighted by Gasteiger charge is -2.28. The Morgan fingerprint density at radius 1 is 1.14 bits per heavy atom. The second-order valence-electron chi connectivity index (χ2n) is 10.0. The summed E-state index contributed by atoms with van der Waals surface area (Å²) >= 11 is 5.01. The molecule has 7 heteroatoms. The molecule has 1 saturated carbocycles. The Bertz CT molecular complexity index is 1270. The van der Waals surface area contributed by atoms with Crippen LogP contribution >= 0.6 is 27.3 Å². The fourth-order valence-corrected chi connectivity index (χ4v) is 7.17. The van der Waals surface area contributed by atoms with Crippen molar-refractivity contribution in [2.24, 2.45) is 17.8 Å². The van der Waals surface area contributed by atoms with Gasteiger partial charge in [0, 0.05) is 23.1 Å². The third kappa shape index (κ3) is 4.94. The first-order valence-corrected chi connectivity index (χ1v) is 13.8. The summed E-state index contributed by atoms with van der Waals surface area (Å²) < 4.78 is 0.870. The molecule has 3 aromatic rings. The van der Waals surface area contributed by atoms with Crippen molar-refractivity contribution >= 4 is 39.1 Å². The molecule has 0 bridgehead atoms. The molecule has 35 heavy (non-hydrogen) atoms. The number of carbonyl (C=O) groups is 2. The molecule has 1 unspecified atom stereocenters. The molecule has 182 valence electrons. The first kappa shape index (κ1) is 24.2. The molecule has 5 nitrogen and oxygen atoms in total. The number of fused-ring (bicyclic) bond motifs is 1. The van der Waals surface area contributed by atoms with Crippen LogP contribution in [0.2, 0.25) is 0 Å². The van der Waals surface area contributed by atoms with Crippen molar-refractivity contribution in [1.29, 1.82) is 0 Å². The SMILES string of the molecule is Cc1cccc(-c2sc(C)nc2C(=O)N2C[C@@H]3CC(C)C[C@@H]3[C@H]2CNC(=O)c2cccc(Br)c2)c1. The van der Waals surface area contributed by atoms with Crippen molar-refractivity contribution in [3.8, 4) is 10.4 Å². The number of benzene rings is 2. The second-order valence-corrected chi connectivity index (χ2v) is 12.1. The summed E-state index contributed by atoms with van der Waals surface area (Å²) in [5.74, 6) is 1.39. The van der Waals surface area contributed by atoms with Gasteiger partial charge in [-0.15, -0.1) is 11.3 Å². The van der Waals surface area contributed by atoms with Crippen molar-refractivity contribution in [1.82, 2.24) is 15.2 Å². The first-order valence-electron chi connectivity index (χ1n) is 12.2. The maximum absolute atomic E-state index is 14.0. The topological polar surface area (TPSA) is 62.3 Å². The van der Waals surface area contributed by atoms with Crippen molar-refractivity contribution in [2.75, 3.05) is 13.1 Å². The van der Waals surface area contributed by atoms with Gasteiger partial charge in [-0.1, -0.05) is 58.7 Å². The molecule has 1 aliphatic heterocycles. The molecule has 1 saturated heterocycles. The first-order chi connectivity index (χ1) is 16.8. The maximum atomic E-state index is 14.0. The molecule has 2 aromatic carbocycles. The Hall–Kier alpha value is -2.51. The highest BCUT2D eigenvalue weighted by molar-refractivity contribution is 9.10. The Labute approximate surface area is 219 Å². The summed E-state index contributed by atoms with van der Waals surface area (Å²) in [6.45, 7) is 7.49. The second kappa shape index (κ2) is 9.86. The molecular weight excluding hydrogens is 522 g/mol. The number of hydrogen-bond acceptors (Lipinski definition) is 4. The molecule has 2 heterocycles. The van der Waals surface area contributed by atoms with Crippen LogP contribution in [0.5, 0.6) is 0 Å². The quantitative estimate of drug-likeness (QED) is 0.416. The number of rotatable bonds is 5. The fraction of sp³-hybridized carbons (Fsp3) is 0.393. The summed E-state index contributed by atoms with van der Waals surface area (Å²) in [6, 6.07) is 15.6. The van der Waals surface area contributed by atoms with E-state index in [2.05, 4.69) is 47.2 Å². The van der Waals surface area contributed by atoms with Crippen LogP contribution in [0.3, 0.4) is 0 Å². The van der Waals surface area contributed by atoms with Crippen molar-refractivity contribution < 1.29 is 9.59 Å². The minimum atomic E-state index is -0.113. The number of likely N-dealkylation sites (tertiary alicyclic amines) is 1. The highest BCUT2D eigenvalue weighted by atomic mass is 79.9. The van der Waals surface area contributed by atoms with Gasteiger partial charge in [-0.05, 0) is 68.2 Å². The van der Waals surface area contributed by atoms with Gasteiger partial charge in [-0.3, -0.25) is 9.59 Å².